The molecule has 0 aliphatic rings. The molecule has 0 fully saturated rings. The monoisotopic (exact) mass is 482 g/mol. The number of benzene rings is 3. The second-order valence-corrected chi connectivity index (χ2v) is 8.87. The molecule has 0 spiro atoms. The molecule has 0 aromatic heterocycles. The lowest BCUT2D eigenvalue weighted by Crippen LogP contribution is -2.14. The molecule has 0 atom stereocenters. The highest BCUT2D eigenvalue weighted by atomic mass is 32.2. The van der Waals surface area contributed by atoms with Gasteiger partial charge in [-0.25, -0.2) is 8.42 Å². The highest BCUT2D eigenvalue weighted by Gasteiger charge is 2.16. The summed E-state index contributed by atoms with van der Waals surface area (Å²) in [5.41, 5.74) is 2.39. The van der Waals surface area contributed by atoms with E-state index in [0.29, 0.717) is 34.2 Å². The Hall–Kier alpha value is -3.98. The number of amides is 1. The van der Waals surface area contributed by atoms with Crippen LogP contribution >= 0.6 is 0 Å². The summed E-state index contributed by atoms with van der Waals surface area (Å²) in [6, 6.07) is 16.5. The molecule has 0 saturated heterocycles. The van der Waals surface area contributed by atoms with Crippen LogP contribution in [0.5, 0.6) is 17.2 Å². The van der Waals surface area contributed by atoms with Crippen LogP contribution in [0.3, 0.4) is 0 Å². The second kappa shape index (κ2) is 10.8. The van der Waals surface area contributed by atoms with Gasteiger partial charge in [0.15, 0.2) is 11.5 Å². The van der Waals surface area contributed by atoms with Crippen molar-refractivity contribution >= 4 is 33.4 Å². The smallest absolute Gasteiger partial charge is 0.261 e. The van der Waals surface area contributed by atoms with Crippen molar-refractivity contribution in [1.82, 2.24) is 0 Å². The average molecular weight is 483 g/mol. The number of hydrogen-bond acceptors (Lipinski definition) is 6. The number of anilines is 2. The lowest BCUT2D eigenvalue weighted by Gasteiger charge is -2.14. The molecule has 0 heterocycles. The lowest BCUT2D eigenvalue weighted by molar-refractivity contribution is -0.111. The molecule has 8 nitrogen and oxygen atoms in total. The Morgan fingerprint density at radius 1 is 0.853 bits per heavy atom. The normalized spacial score (nSPS) is 11.2. The molecule has 0 unspecified atom stereocenters. The third-order valence-corrected chi connectivity index (χ3v) is 6.35. The van der Waals surface area contributed by atoms with Crippen molar-refractivity contribution in [1.29, 1.82) is 0 Å². The number of carbonyl (C=O) groups is 1. The fourth-order valence-electron chi connectivity index (χ4n) is 3.21. The highest BCUT2D eigenvalue weighted by molar-refractivity contribution is 7.92. The van der Waals surface area contributed by atoms with Crippen LogP contribution in [0, 0.1) is 6.92 Å². The van der Waals surface area contributed by atoms with Crippen LogP contribution in [-0.4, -0.2) is 35.7 Å². The van der Waals surface area contributed by atoms with E-state index in [2.05, 4.69) is 10.0 Å². The van der Waals surface area contributed by atoms with Gasteiger partial charge < -0.3 is 19.5 Å². The molecule has 34 heavy (non-hydrogen) atoms. The number of sulfonamides is 1. The van der Waals surface area contributed by atoms with Crippen LogP contribution in [0.1, 0.15) is 11.1 Å². The van der Waals surface area contributed by atoms with Gasteiger partial charge in [0, 0.05) is 17.3 Å². The second-order valence-electron chi connectivity index (χ2n) is 7.19. The minimum Gasteiger partial charge on any atom is -0.493 e. The van der Waals surface area contributed by atoms with E-state index in [9.17, 15) is 13.2 Å². The van der Waals surface area contributed by atoms with Crippen LogP contribution in [0.2, 0.25) is 0 Å². The predicted octanol–water partition coefficient (Wildman–Crippen LogP) is 4.47. The van der Waals surface area contributed by atoms with E-state index in [1.807, 2.05) is 19.1 Å². The number of ether oxygens (including phenoxy) is 3. The average Bonchev–Trinajstić information content (AvgIpc) is 2.83. The number of para-hydroxylation sites is 1. The number of nitrogens with one attached hydrogen (secondary N) is 2. The van der Waals surface area contributed by atoms with Gasteiger partial charge in [0.25, 0.3) is 10.0 Å². The zero-order chi connectivity index (χ0) is 24.7. The van der Waals surface area contributed by atoms with Crippen molar-refractivity contribution in [2.24, 2.45) is 0 Å². The Morgan fingerprint density at radius 3 is 2.15 bits per heavy atom. The standard InChI is InChI=1S/C25H26N2O6S/c1-17-7-5-6-8-21(17)27-34(29,30)20-13-11-19(12-14-20)26-23(28)16-10-18-9-15-22(31-2)25(33-4)24(18)32-3/h5-16,27H,1-4H3,(H,26,28)/b16-10+. The van der Waals surface area contributed by atoms with E-state index < -0.39 is 15.9 Å². The van der Waals surface area contributed by atoms with Crippen LogP contribution in [0.25, 0.3) is 6.08 Å². The maximum atomic E-state index is 12.7. The van der Waals surface area contributed by atoms with Crippen LogP contribution in [0.15, 0.2) is 71.6 Å². The molecule has 0 saturated carbocycles. The van der Waals surface area contributed by atoms with Crippen molar-refractivity contribution < 1.29 is 27.4 Å². The van der Waals surface area contributed by atoms with Crippen molar-refractivity contribution in [3.05, 3.63) is 77.9 Å². The SMILES string of the molecule is COc1ccc(/C=C/C(=O)Nc2ccc(S(=O)(=O)Nc3ccccc3C)cc2)c(OC)c1OC. The molecule has 2 N–H and O–H groups in total. The van der Waals surface area contributed by atoms with E-state index in [0.717, 1.165) is 5.56 Å². The number of methoxy groups -OCH3 is 3. The molecular formula is C25H26N2O6S. The van der Waals surface area contributed by atoms with E-state index >= 15 is 0 Å². The molecule has 3 aromatic rings. The van der Waals surface area contributed by atoms with Crippen LogP contribution in [0.4, 0.5) is 11.4 Å². The summed E-state index contributed by atoms with van der Waals surface area (Å²) in [5, 5.41) is 2.70. The summed E-state index contributed by atoms with van der Waals surface area (Å²) in [6.45, 7) is 1.82. The summed E-state index contributed by atoms with van der Waals surface area (Å²) >= 11 is 0. The lowest BCUT2D eigenvalue weighted by atomic mass is 10.1. The summed E-state index contributed by atoms with van der Waals surface area (Å²) in [6.07, 6.45) is 2.93. The first-order chi connectivity index (χ1) is 16.3. The quantitative estimate of drug-likeness (QED) is 0.436. The van der Waals surface area contributed by atoms with E-state index in [4.69, 9.17) is 14.2 Å². The molecule has 0 aliphatic heterocycles. The predicted molar refractivity (Wildman–Crippen MR) is 132 cm³/mol. The number of rotatable bonds is 9. The molecule has 178 valence electrons. The van der Waals surface area contributed by atoms with Gasteiger partial charge in [-0.1, -0.05) is 18.2 Å². The van der Waals surface area contributed by atoms with Gasteiger partial charge in [-0.15, -0.1) is 0 Å². The van der Waals surface area contributed by atoms with Crippen molar-refractivity contribution in [3.63, 3.8) is 0 Å². The minimum atomic E-state index is -3.76. The zero-order valence-corrected chi connectivity index (χ0v) is 20.1. The summed E-state index contributed by atoms with van der Waals surface area (Å²) in [4.78, 5) is 12.5. The molecule has 1 amide bonds. The highest BCUT2D eigenvalue weighted by Crippen LogP contribution is 2.40. The van der Waals surface area contributed by atoms with Gasteiger partial charge in [-0.05, 0) is 61.0 Å². The van der Waals surface area contributed by atoms with Crippen molar-refractivity contribution in [3.8, 4) is 17.2 Å². The minimum absolute atomic E-state index is 0.0827. The van der Waals surface area contributed by atoms with Crippen LogP contribution in [-0.2, 0) is 14.8 Å². The summed E-state index contributed by atoms with van der Waals surface area (Å²) in [7, 11) is 0.762. The Bertz CT molecular complexity index is 1300. The molecule has 0 aliphatic carbocycles. The molecule has 0 bridgehead atoms. The Morgan fingerprint density at radius 2 is 1.53 bits per heavy atom. The first kappa shape index (κ1) is 24.7. The maximum Gasteiger partial charge on any atom is 0.261 e. The fraction of sp³-hybridized carbons (Fsp3) is 0.160. The molecule has 3 aromatic carbocycles. The van der Waals surface area contributed by atoms with Gasteiger partial charge >= 0.3 is 0 Å². The molecule has 3 rings (SSSR count). The van der Waals surface area contributed by atoms with Gasteiger partial charge in [0.2, 0.25) is 11.7 Å². The van der Waals surface area contributed by atoms with Crippen molar-refractivity contribution in [2.45, 2.75) is 11.8 Å². The van der Waals surface area contributed by atoms with E-state index in [1.165, 1.54) is 51.7 Å². The summed E-state index contributed by atoms with van der Waals surface area (Å²) in [5.74, 6) is 0.962. The Kier molecular flexibility index (Phi) is 7.80. The maximum absolute atomic E-state index is 12.7. The fourth-order valence-corrected chi connectivity index (χ4v) is 4.34. The third kappa shape index (κ3) is 5.68. The van der Waals surface area contributed by atoms with Gasteiger partial charge in [0.05, 0.1) is 31.9 Å². The number of aryl methyl sites for hydroxylation is 1. The van der Waals surface area contributed by atoms with Crippen LogP contribution < -0.4 is 24.2 Å². The van der Waals surface area contributed by atoms with Gasteiger partial charge in [-0.3, -0.25) is 9.52 Å². The Labute approximate surface area is 199 Å². The first-order valence-electron chi connectivity index (χ1n) is 10.3. The first-order valence-corrected chi connectivity index (χ1v) is 11.7. The van der Waals surface area contributed by atoms with E-state index in [-0.39, 0.29) is 4.90 Å². The third-order valence-electron chi connectivity index (χ3n) is 4.97. The summed E-state index contributed by atoms with van der Waals surface area (Å²) < 4.78 is 43.9. The van der Waals surface area contributed by atoms with Gasteiger partial charge in [0.1, 0.15) is 0 Å². The van der Waals surface area contributed by atoms with Gasteiger partial charge in [-0.2, -0.15) is 0 Å². The van der Waals surface area contributed by atoms with E-state index in [1.54, 1.807) is 30.3 Å². The Balaban J connectivity index is 1.71. The number of carbonyl (C=O) groups excluding carboxylic acids is 1. The molecule has 0 radical (unpaired) electrons. The molecular weight excluding hydrogens is 456 g/mol. The zero-order valence-electron chi connectivity index (χ0n) is 19.3. The van der Waals surface area contributed by atoms with Crippen molar-refractivity contribution in [2.75, 3.05) is 31.4 Å². The molecule has 9 heteroatoms. The largest absolute Gasteiger partial charge is 0.493 e. The topological polar surface area (TPSA) is 103 Å². The number of hydrogen-bond donors (Lipinski definition) is 2.